The Kier molecular flexibility index (Phi) is 7.35. The van der Waals surface area contributed by atoms with Crippen molar-refractivity contribution in [2.24, 2.45) is 5.73 Å². The fourth-order valence-corrected chi connectivity index (χ4v) is 1.55. The molecule has 1 aromatic carbocycles. The third-order valence-corrected chi connectivity index (χ3v) is 2.55. The SMILES string of the molecule is CCOc1ccc(/C=C/C(=O)NCCCCN)cc1. The Bertz CT molecular complexity index is 399. The van der Waals surface area contributed by atoms with Gasteiger partial charge in [0.1, 0.15) is 5.75 Å². The Balaban J connectivity index is 2.36. The molecule has 0 fully saturated rings. The van der Waals surface area contributed by atoms with E-state index in [-0.39, 0.29) is 5.91 Å². The lowest BCUT2D eigenvalue weighted by Gasteiger charge is -2.02. The maximum atomic E-state index is 11.5. The first-order valence-corrected chi connectivity index (χ1v) is 6.65. The molecule has 3 N–H and O–H groups in total. The van der Waals surface area contributed by atoms with Crippen LogP contribution in [0.3, 0.4) is 0 Å². The third-order valence-electron chi connectivity index (χ3n) is 2.55. The van der Waals surface area contributed by atoms with Crippen LogP contribution in [0, 0.1) is 0 Å². The van der Waals surface area contributed by atoms with Gasteiger partial charge in [0.05, 0.1) is 6.61 Å². The highest BCUT2D eigenvalue weighted by Gasteiger charge is 1.95. The Morgan fingerprint density at radius 2 is 2.05 bits per heavy atom. The first-order chi connectivity index (χ1) is 9.26. The van der Waals surface area contributed by atoms with Gasteiger partial charge in [0, 0.05) is 12.6 Å². The molecule has 0 spiro atoms. The van der Waals surface area contributed by atoms with E-state index in [1.54, 1.807) is 6.08 Å². The molecular weight excluding hydrogens is 240 g/mol. The van der Waals surface area contributed by atoms with Crippen LogP contribution in [0.15, 0.2) is 30.3 Å². The fourth-order valence-electron chi connectivity index (χ4n) is 1.55. The molecule has 0 saturated carbocycles. The average Bonchev–Trinajstić information content (AvgIpc) is 2.43. The van der Waals surface area contributed by atoms with Crippen molar-refractivity contribution in [1.29, 1.82) is 0 Å². The second kappa shape index (κ2) is 9.16. The van der Waals surface area contributed by atoms with E-state index in [0.29, 0.717) is 19.7 Å². The summed E-state index contributed by atoms with van der Waals surface area (Å²) in [4.78, 5) is 11.5. The van der Waals surface area contributed by atoms with Gasteiger partial charge in [-0.1, -0.05) is 12.1 Å². The van der Waals surface area contributed by atoms with Gasteiger partial charge in [-0.2, -0.15) is 0 Å². The van der Waals surface area contributed by atoms with Gasteiger partial charge in [-0.05, 0) is 50.1 Å². The predicted molar refractivity (Wildman–Crippen MR) is 77.9 cm³/mol. The highest BCUT2D eigenvalue weighted by molar-refractivity contribution is 5.91. The second-order valence-electron chi connectivity index (χ2n) is 4.12. The van der Waals surface area contributed by atoms with E-state index in [0.717, 1.165) is 24.2 Å². The molecule has 4 nitrogen and oxygen atoms in total. The van der Waals surface area contributed by atoms with Crippen molar-refractivity contribution >= 4 is 12.0 Å². The molecular formula is C15H22N2O2. The van der Waals surface area contributed by atoms with Gasteiger partial charge in [-0.15, -0.1) is 0 Å². The largest absolute Gasteiger partial charge is 0.494 e. The van der Waals surface area contributed by atoms with Crippen LogP contribution in [0.2, 0.25) is 0 Å². The molecule has 4 heteroatoms. The third kappa shape index (κ3) is 6.62. The number of rotatable bonds is 8. The summed E-state index contributed by atoms with van der Waals surface area (Å²) in [5.41, 5.74) is 6.35. The molecule has 104 valence electrons. The minimum Gasteiger partial charge on any atom is -0.494 e. The molecule has 19 heavy (non-hydrogen) atoms. The van der Waals surface area contributed by atoms with Gasteiger partial charge < -0.3 is 15.8 Å². The summed E-state index contributed by atoms with van der Waals surface area (Å²) in [6.07, 6.45) is 5.17. The second-order valence-corrected chi connectivity index (χ2v) is 4.12. The molecule has 0 aromatic heterocycles. The monoisotopic (exact) mass is 262 g/mol. The van der Waals surface area contributed by atoms with Gasteiger partial charge in [-0.25, -0.2) is 0 Å². The van der Waals surface area contributed by atoms with E-state index < -0.39 is 0 Å². The van der Waals surface area contributed by atoms with Crippen molar-refractivity contribution < 1.29 is 9.53 Å². The Morgan fingerprint density at radius 1 is 1.32 bits per heavy atom. The fraction of sp³-hybridized carbons (Fsp3) is 0.400. The zero-order valence-electron chi connectivity index (χ0n) is 11.4. The standard InChI is InChI=1S/C15H22N2O2/c1-2-19-14-8-5-13(6-9-14)7-10-15(18)17-12-4-3-11-16/h5-10H,2-4,11-12,16H2,1H3,(H,17,18)/b10-7+. The van der Waals surface area contributed by atoms with Crippen molar-refractivity contribution in [3.8, 4) is 5.75 Å². The van der Waals surface area contributed by atoms with Crippen LogP contribution in [0.25, 0.3) is 6.08 Å². The maximum absolute atomic E-state index is 11.5. The summed E-state index contributed by atoms with van der Waals surface area (Å²) in [7, 11) is 0. The van der Waals surface area contributed by atoms with Gasteiger partial charge in [0.25, 0.3) is 0 Å². The summed E-state index contributed by atoms with van der Waals surface area (Å²) >= 11 is 0. The number of hydrogen-bond donors (Lipinski definition) is 2. The van der Waals surface area contributed by atoms with Crippen molar-refractivity contribution in [3.63, 3.8) is 0 Å². The van der Waals surface area contributed by atoms with E-state index in [1.807, 2.05) is 31.2 Å². The smallest absolute Gasteiger partial charge is 0.243 e. The molecule has 1 rings (SSSR count). The van der Waals surface area contributed by atoms with E-state index in [9.17, 15) is 4.79 Å². The molecule has 0 saturated heterocycles. The lowest BCUT2D eigenvalue weighted by molar-refractivity contribution is -0.116. The summed E-state index contributed by atoms with van der Waals surface area (Å²) in [5, 5.41) is 2.81. The van der Waals surface area contributed by atoms with Crippen molar-refractivity contribution in [1.82, 2.24) is 5.32 Å². The molecule has 0 aliphatic rings. The Morgan fingerprint density at radius 3 is 2.68 bits per heavy atom. The summed E-state index contributed by atoms with van der Waals surface area (Å²) in [6, 6.07) is 7.62. The number of carbonyl (C=O) groups excluding carboxylic acids is 1. The number of hydrogen-bond acceptors (Lipinski definition) is 3. The maximum Gasteiger partial charge on any atom is 0.243 e. The van der Waals surface area contributed by atoms with Crippen LogP contribution in [0.4, 0.5) is 0 Å². The van der Waals surface area contributed by atoms with Gasteiger partial charge in [0.15, 0.2) is 0 Å². The van der Waals surface area contributed by atoms with Crippen LogP contribution in [-0.4, -0.2) is 25.6 Å². The van der Waals surface area contributed by atoms with Crippen molar-refractivity contribution in [2.75, 3.05) is 19.7 Å². The van der Waals surface area contributed by atoms with Crippen LogP contribution < -0.4 is 15.8 Å². The highest BCUT2D eigenvalue weighted by atomic mass is 16.5. The molecule has 1 aromatic rings. The van der Waals surface area contributed by atoms with E-state index >= 15 is 0 Å². The Hall–Kier alpha value is -1.81. The molecule has 0 aliphatic carbocycles. The molecule has 0 atom stereocenters. The summed E-state index contributed by atoms with van der Waals surface area (Å²) in [6.45, 7) is 3.94. The number of benzene rings is 1. The van der Waals surface area contributed by atoms with Gasteiger partial charge in [-0.3, -0.25) is 4.79 Å². The van der Waals surface area contributed by atoms with E-state index in [2.05, 4.69) is 5.32 Å². The molecule has 0 heterocycles. The average molecular weight is 262 g/mol. The number of nitrogens with one attached hydrogen (secondary N) is 1. The van der Waals surface area contributed by atoms with Crippen molar-refractivity contribution in [3.05, 3.63) is 35.9 Å². The first kappa shape index (κ1) is 15.2. The molecule has 1 amide bonds. The normalized spacial score (nSPS) is 10.6. The predicted octanol–water partition coefficient (Wildman–Crippen LogP) is 1.95. The minimum absolute atomic E-state index is 0.0779. The van der Waals surface area contributed by atoms with Gasteiger partial charge in [0.2, 0.25) is 5.91 Å². The molecule has 0 aliphatic heterocycles. The van der Waals surface area contributed by atoms with Crippen LogP contribution in [-0.2, 0) is 4.79 Å². The summed E-state index contributed by atoms with van der Waals surface area (Å²) in [5.74, 6) is 0.761. The first-order valence-electron chi connectivity index (χ1n) is 6.65. The molecule has 0 bridgehead atoms. The topological polar surface area (TPSA) is 64.3 Å². The lowest BCUT2D eigenvalue weighted by Crippen LogP contribution is -2.22. The van der Waals surface area contributed by atoms with Crippen LogP contribution in [0.5, 0.6) is 5.75 Å². The van der Waals surface area contributed by atoms with Gasteiger partial charge >= 0.3 is 0 Å². The zero-order valence-corrected chi connectivity index (χ0v) is 11.4. The quantitative estimate of drug-likeness (QED) is 0.556. The number of unbranched alkanes of at least 4 members (excludes halogenated alkanes) is 1. The van der Waals surface area contributed by atoms with Crippen molar-refractivity contribution in [2.45, 2.75) is 19.8 Å². The van der Waals surface area contributed by atoms with E-state index in [4.69, 9.17) is 10.5 Å². The molecule has 0 radical (unpaired) electrons. The molecule has 0 unspecified atom stereocenters. The Labute approximate surface area is 114 Å². The lowest BCUT2D eigenvalue weighted by atomic mass is 10.2. The zero-order chi connectivity index (χ0) is 13.9. The minimum atomic E-state index is -0.0779. The number of ether oxygens (including phenoxy) is 1. The number of amides is 1. The van der Waals surface area contributed by atoms with E-state index in [1.165, 1.54) is 6.08 Å². The highest BCUT2D eigenvalue weighted by Crippen LogP contribution is 2.12. The van der Waals surface area contributed by atoms with Crippen LogP contribution >= 0.6 is 0 Å². The van der Waals surface area contributed by atoms with Crippen LogP contribution in [0.1, 0.15) is 25.3 Å². The number of nitrogens with two attached hydrogens (primary N) is 1. The summed E-state index contributed by atoms with van der Waals surface area (Å²) < 4.78 is 5.35. The number of carbonyl (C=O) groups is 1.